The van der Waals surface area contributed by atoms with E-state index in [1.165, 1.54) is 0 Å². The van der Waals surface area contributed by atoms with Crippen molar-refractivity contribution >= 4 is 5.90 Å². The van der Waals surface area contributed by atoms with Gasteiger partial charge in [0.1, 0.15) is 30.3 Å². The molecule has 1 N–H and O–H groups in total. The van der Waals surface area contributed by atoms with Crippen LogP contribution in [0.4, 0.5) is 0 Å². The first-order valence-electron chi connectivity index (χ1n) is 11.9. The van der Waals surface area contributed by atoms with Crippen LogP contribution in [0.15, 0.2) is 47.5 Å². The van der Waals surface area contributed by atoms with Crippen molar-refractivity contribution in [3.8, 4) is 11.5 Å². The van der Waals surface area contributed by atoms with Gasteiger partial charge in [-0.25, -0.2) is 4.99 Å². The molecule has 5 heteroatoms. The normalized spacial score (nSPS) is 17.6. The van der Waals surface area contributed by atoms with Gasteiger partial charge < -0.3 is 19.5 Å². The van der Waals surface area contributed by atoms with E-state index < -0.39 is 0 Å². The molecular weight excluding hydrogens is 412 g/mol. The number of phenols is 1. The Hall–Kier alpha value is -2.53. The minimum Gasteiger partial charge on any atom is -0.507 e. The van der Waals surface area contributed by atoms with Crippen LogP contribution in [0.1, 0.15) is 65.2 Å². The summed E-state index contributed by atoms with van der Waals surface area (Å²) in [6, 6.07) is 13.8. The third kappa shape index (κ3) is 6.08. The Morgan fingerprint density at radius 1 is 1.06 bits per heavy atom. The Morgan fingerprint density at radius 3 is 2.15 bits per heavy atom. The molecule has 0 saturated carbocycles. The van der Waals surface area contributed by atoms with E-state index in [0.29, 0.717) is 18.3 Å². The average molecular weight is 453 g/mol. The van der Waals surface area contributed by atoms with Crippen LogP contribution in [0.5, 0.6) is 11.5 Å². The average Bonchev–Trinajstić information content (AvgIpc) is 3.22. The first kappa shape index (κ1) is 25.1. The summed E-state index contributed by atoms with van der Waals surface area (Å²) in [6.45, 7) is 17.0. The van der Waals surface area contributed by atoms with Gasteiger partial charge in [0, 0.05) is 23.2 Å². The summed E-state index contributed by atoms with van der Waals surface area (Å²) < 4.78 is 12.5. The summed E-state index contributed by atoms with van der Waals surface area (Å²) in [6.07, 6.45) is -0.129. The second-order valence-corrected chi connectivity index (χ2v) is 11.1. The molecule has 0 fully saturated rings. The number of benzene rings is 2. The number of rotatable bonds is 7. The van der Waals surface area contributed by atoms with Gasteiger partial charge in [0.05, 0.1) is 0 Å². The van der Waals surface area contributed by atoms with Crippen molar-refractivity contribution in [2.24, 2.45) is 4.99 Å². The summed E-state index contributed by atoms with van der Waals surface area (Å²) in [5.74, 6) is 1.82. The minimum atomic E-state index is -0.207. The van der Waals surface area contributed by atoms with Crippen molar-refractivity contribution in [1.29, 1.82) is 0 Å². The Kier molecular flexibility index (Phi) is 7.42. The van der Waals surface area contributed by atoms with Gasteiger partial charge in [-0.05, 0) is 48.7 Å². The number of hydrogen-bond acceptors (Lipinski definition) is 5. The van der Waals surface area contributed by atoms with Gasteiger partial charge in [-0.1, -0.05) is 66.7 Å². The minimum absolute atomic E-state index is 0.112. The maximum Gasteiger partial charge on any atom is 0.216 e. The molecule has 0 amide bonds. The molecule has 2 aromatic carbocycles. The van der Waals surface area contributed by atoms with Gasteiger partial charge in [0.15, 0.2) is 0 Å². The Morgan fingerprint density at radius 2 is 1.64 bits per heavy atom. The number of nitrogens with zero attached hydrogens (tertiary/aromatic N) is 2. The van der Waals surface area contributed by atoms with Crippen LogP contribution in [0.25, 0.3) is 0 Å². The summed E-state index contributed by atoms with van der Waals surface area (Å²) in [4.78, 5) is 7.21. The molecule has 33 heavy (non-hydrogen) atoms. The number of phenolic OH excluding ortho intramolecular Hbond substituents is 1. The largest absolute Gasteiger partial charge is 0.507 e. The fraction of sp³-hybridized carbons (Fsp3) is 0.536. The highest BCUT2D eigenvalue weighted by Gasteiger charge is 2.33. The van der Waals surface area contributed by atoms with Crippen molar-refractivity contribution in [2.75, 3.05) is 26.7 Å². The van der Waals surface area contributed by atoms with Crippen molar-refractivity contribution < 1.29 is 14.6 Å². The van der Waals surface area contributed by atoms with Gasteiger partial charge >= 0.3 is 0 Å². The quantitative estimate of drug-likeness (QED) is 0.600. The topological polar surface area (TPSA) is 54.3 Å². The maximum absolute atomic E-state index is 11.1. The van der Waals surface area contributed by atoms with E-state index in [4.69, 9.17) is 14.5 Å². The van der Waals surface area contributed by atoms with E-state index in [1.807, 2.05) is 42.5 Å². The van der Waals surface area contributed by atoms with Gasteiger partial charge in [-0.2, -0.15) is 0 Å². The molecule has 2 unspecified atom stereocenters. The second-order valence-electron chi connectivity index (χ2n) is 11.1. The first-order valence-corrected chi connectivity index (χ1v) is 11.9. The molecule has 2 aromatic rings. The van der Waals surface area contributed by atoms with Crippen LogP contribution in [0, 0.1) is 0 Å². The van der Waals surface area contributed by atoms with Crippen molar-refractivity contribution in [3.05, 3.63) is 59.2 Å². The fourth-order valence-electron chi connectivity index (χ4n) is 3.99. The van der Waals surface area contributed by atoms with Crippen LogP contribution < -0.4 is 4.74 Å². The first-order chi connectivity index (χ1) is 15.4. The number of aromatic hydroxyl groups is 1. The molecule has 0 spiro atoms. The lowest BCUT2D eigenvalue weighted by atomic mass is 9.78. The third-order valence-electron chi connectivity index (χ3n) is 6.14. The lowest BCUT2D eigenvalue weighted by Crippen LogP contribution is -2.41. The highest BCUT2D eigenvalue weighted by atomic mass is 16.5. The molecule has 1 aliphatic rings. The lowest BCUT2D eigenvalue weighted by molar-refractivity contribution is 0.114. The SMILES string of the molecule is CCN(C)CC(Oc1ccccc1)C1COC(c2cc(C(C)(C)C)c(O)c(C(C)(C)C)c2)=N1. The molecule has 0 aromatic heterocycles. The molecule has 0 radical (unpaired) electrons. The van der Waals surface area contributed by atoms with Crippen molar-refractivity contribution in [1.82, 2.24) is 4.90 Å². The van der Waals surface area contributed by atoms with Crippen molar-refractivity contribution in [2.45, 2.75) is 71.4 Å². The van der Waals surface area contributed by atoms with E-state index in [0.717, 1.165) is 35.5 Å². The van der Waals surface area contributed by atoms with Gasteiger partial charge in [0.2, 0.25) is 5.90 Å². The zero-order chi connectivity index (χ0) is 24.4. The Bertz CT molecular complexity index is 936. The van der Waals surface area contributed by atoms with E-state index in [9.17, 15) is 5.11 Å². The zero-order valence-electron chi connectivity index (χ0n) is 21.5. The van der Waals surface area contributed by atoms with Crippen LogP contribution in [0.3, 0.4) is 0 Å². The lowest BCUT2D eigenvalue weighted by Gasteiger charge is -2.28. The molecule has 0 bridgehead atoms. The van der Waals surface area contributed by atoms with Crippen LogP contribution in [-0.2, 0) is 15.6 Å². The monoisotopic (exact) mass is 452 g/mol. The second kappa shape index (κ2) is 9.76. The number of likely N-dealkylation sites (N-methyl/N-ethyl adjacent to an activating group) is 1. The van der Waals surface area contributed by atoms with E-state index in [1.54, 1.807) is 0 Å². The Labute approximate surface area is 199 Å². The standard InChI is InChI=1S/C28H40N2O3/c1-9-30(8)17-24(33-20-13-11-10-12-14-20)23-18-32-26(29-23)19-15-21(27(2,3)4)25(31)22(16-19)28(5,6)7/h10-16,23-24,31H,9,17-18H2,1-8H3. The summed E-state index contributed by atoms with van der Waals surface area (Å²) in [5, 5.41) is 11.1. The molecule has 2 atom stereocenters. The molecule has 1 heterocycles. The van der Waals surface area contributed by atoms with E-state index >= 15 is 0 Å². The number of ether oxygens (including phenoxy) is 2. The van der Waals surface area contributed by atoms with E-state index in [-0.39, 0.29) is 23.0 Å². The summed E-state index contributed by atoms with van der Waals surface area (Å²) in [5.41, 5.74) is 2.31. The van der Waals surface area contributed by atoms with Gasteiger partial charge in [-0.15, -0.1) is 0 Å². The molecule has 5 nitrogen and oxygen atoms in total. The molecule has 0 saturated heterocycles. The van der Waals surface area contributed by atoms with Gasteiger partial charge in [-0.3, -0.25) is 0 Å². The molecule has 1 aliphatic heterocycles. The highest BCUT2D eigenvalue weighted by Crippen LogP contribution is 2.40. The highest BCUT2D eigenvalue weighted by molar-refractivity contribution is 5.96. The summed E-state index contributed by atoms with van der Waals surface area (Å²) >= 11 is 0. The predicted molar refractivity (Wildman–Crippen MR) is 136 cm³/mol. The zero-order valence-corrected chi connectivity index (χ0v) is 21.5. The van der Waals surface area contributed by atoms with Crippen LogP contribution in [0.2, 0.25) is 0 Å². The molecule has 180 valence electrons. The third-order valence-corrected chi connectivity index (χ3v) is 6.14. The maximum atomic E-state index is 11.1. The predicted octanol–water partition coefficient (Wildman–Crippen LogP) is 5.53. The van der Waals surface area contributed by atoms with E-state index in [2.05, 4.69) is 60.4 Å². The van der Waals surface area contributed by atoms with Crippen molar-refractivity contribution in [3.63, 3.8) is 0 Å². The molecular formula is C28H40N2O3. The Balaban J connectivity index is 1.97. The number of aliphatic imine (C=N–C) groups is 1. The number of hydrogen-bond donors (Lipinski definition) is 1. The number of para-hydroxylation sites is 1. The fourth-order valence-corrected chi connectivity index (χ4v) is 3.99. The summed E-state index contributed by atoms with van der Waals surface area (Å²) in [7, 11) is 2.09. The van der Waals surface area contributed by atoms with Gasteiger partial charge in [0.25, 0.3) is 0 Å². The van der Waals surface area contributed by atoms with Crippen LogP contribution in [-0.4, -0.2) is 54.8 Å². The van der Waals surface area contributed by atoms with Crippen LogP contribution >= 0.6 is 0 Å². The molecule has 0 aliphatic carbocycles. The smallest absolute Gasteiger partial charge is 0.216 e. The molecule has 3 rings (SSSR count).